The number of terminal acetylenes is 1. The molecule has 0 bridgehead atoms. The van der Waals surface area contributed by atoms with Crippen LogP contribution in [0.1, 0.15) is 52.2 Å². The minimum Gasteiger partial charge on any atom is -0.211 e. The molecular formula is C13H19N3. The van der Waals surface area contributed by atoms with Gasteiger partial charge in [0.05, 0.1) is 0 Å². The lowest BCUT2D eigenvalue weighted by Gasteiger charge is -2.08. The van der Waals surface area contributed by atoms with Gasteiger partial charge in [-0.15, -0.1) is 5.10 Å². The molecule has 0 saturated heterocycles. The van der Waals surface area contributed by atoms with Crippen LogP contribution in [0, 0.1) is 18.4 Å². The predicted octanol–water partition coefficient (Wildman–Crippen LogP) is 2.90. The van der Waals surface area contributed by atoms with E-state index >= 15 is 0 Å². The average molecular weight is 217 g/mol. The molecule has 0 aliphatic heterocycles. The van der Waals surface area contributed by atoms with Crippen molar-refractivity contribution in [3.8, 4) is 12.5 Å². The Hall–Kier alpha value is -1.56. The third-order valence-electron chi connectivity index (χ3n) is 2.45. The highest BCUT2D eigenvalue weighted by atomic mass is 15.3. The van der Waals surface area contributed by atoms with Crippen molar-refractivity contribution in [1.29, 1.82) is 0 Å². The Morgan fingerprint density at radius 2 is 2.00 bits per heavy atom. The van der Waals surface area contributed by atoms with Crippen LogP contribution in [0.2, 0.25) is 0 Å². The summed E-state index contributed by atoms with van der Waals surface area (Å²) in [7, 11) is 0. The maximum Gasteiger partial charge on any atom is 0.168 e. The summed E-state index contributed by atoms with van der Waals surface area (Å²) in [5, 5.41) is 4.31. The molecular weight excluding hydrogens is 198 g/mol. The van der Waals surface area contributed by atoms with Gasteiger partial charge in [-0.25, -0.2) is 4.98 Å². The normalized spacial score (nSPS) is 12.2. The Morgan fingerprint density at radius 3 is 2.38 bits per heavy atom. The second-order valence-electron chi connectivity index (χ2n) is 4.39. The summed E-state index contributed by atoms with van der Waals surface area (Å²) >= 11 is 0. The zero-order valence-electron chi connectivity index (χ0n) is 10.7. The van der Waals surface area contributed by atoms with Gasteiger partial charge in [-0.2, -0.15) is 4.68 Å². The van der Waals surface area contributed by atoms with Crippen LogP contribution in [0.5, 0.6) is 0 Å². The van der Waals surface area contributed by atoms with E-state index in [1.54, 1.807) is 0 Å². The van der Waals surface area contributed by atoms with Gasteiger partial charge in [-0.05, 0) is 18.4 Å². The number of hydrogen-bond donors (Lipinski definition) is 0. The van der Waals surface area contributed by atoms with Gasteiger partial charge in [-0.1, -0.05) is 40.2 Å². The fraction of sp³-hybridized carbons (Fsp3) is 0.538. The molecule has 0 atom stereocenters. The number of rotatable bonds is 3. The summed E-state index contributed by atoms with van der Waals surface area (Å²) in [5.74, 6) is 2.27. The summed E-state index contributed by atoms with van der Waals surface area (Å²) < 4.78 is 1.53. The summed E-state index contributed by atoms with van der Waals surface area (Å²) in [5.41, 5.74) is 1.14. The minimum absolute atomic E-state index is 0.290. The van der Waals surface area contributed by atoms with E-state index in [-0.39, 0.29) is 0 Å². The summed E-state index contributed by atoms with van der Waals surface area (Å²) in [6.07, 6.45) is 7.49. The monoisotopic (exact) mass is 217 g/mol. The molecule has 1 rings (SSSR count). The molecule has 0 aromatic carbocycles. The summed E-state index contributed by atoms with van der Waals surface area (Å²) in [6.45, 7) is 10.4. The largest absolute Gasteiger partial charge is 0.211 e. The smallest absolute Gasteiger partial charge is 0.168 e. The Labute approximate surface area is 97.6 Å². The van der Waals surface area contributed by atoms with Gasteiger partial charge in [-0.3, -0.25) is 0 Å². The molecule has 0 aliphatic carbocycles. The zero-order chi connectivity index (χ0) is 12.3. The molecule has 0 N–H and O–H groups in total. The number of aromatic nitrogens is 3. The topological polar surface area (TPSA) is 30.7 Å². The van der Waals surface area contributed by atoms with Crippen LogP contribution in [-0.4, -0.2) is 14.8 Å². The molecule has 1 aromatic rings. The summed E-state index contributed by atoms with van der Waals surface area (Å²) in [6, 6.07) is 2.54. The van der Waals surface area contributed by atoms with Crippen molar-refractivity contribution < 1.29 is 0 Å². The van der Waals surface area contributed by atoms with Crippen LogP contribution in [0.3, 0.4) is 0 Å². The van der Waals surface area contributed by atoms with Crippen LogP contribution in [0.15, 0.2) is 6.08 Å². The van der Waals surface area contributed by atoms with Crippen LogP contribution in [0.4, 0.5) is 0 Å². The van der Waals surface area contributed by atoms with E-state index in [0.29, 0.717) is 11.8 Å². The first-order valence-corrected chi connectivity index (χ1v) is 5.61. The molecule has 0 aliphatic rings. The van der Waals surface area contributed by atoms with Gasteiger partial charge in [0.1, 0.15) is 0 Å². The lowest BCUT2D eigenvalue weighted by Crippen LogP contribution is -2.03. The van der Waals surface area contributed by atoms with Crippen molar-refractivity contribution >= 4 is 5.57 Å². The molecule has 0 unspecified atom stereocenters. The van der Waals surface area contributed by atoms with Crippen molar-refractivity contribution in [1.82, 2.24) is 14.8 Å². The molecule has 16 heavy (non-hydrogen) atoms. The fourth-order valence-corrected chi connectivity index (χ4v) is 1.57. The lowest BCUT2D eigenvalue weighted by atomic mass is 10.0. The first-order chi connectivity index (χ1) is 7.51. The third kappa shape index (κ3) is 2.33. The van der Waals surface area contributed by atoms with Crippen LogP contribution >= 0.6 is 0 Å². The highest BCUT2D eigenvalue weighted by Gasteiger charge is 2.16. The van der Waals surface area contributed by atoms with E-state index in [1.807, 2.05) is 13.0 Å². The first-order valence-electron chi connectivity index (χ1n) is 5.61. The minimum atomic E-state index is 0.290. The maximum absolute atomic E-state index is 5.44. The van der Waals surface area contributed by atoms with Gasteiger partial charge in [0.15, 0.2) is 11.6 Å². The molecule has 1 heterocycles. The molecule has 0 amide bonds. The average Bonchev–Trinajstić information content (AvgIpc) is 2.62. The standard InChI is InChI=1S/C13H19N3/c1-7-11(9(3)4)13-14-12(10(5)6)15-16(13)8-2/h2,7,9-10H,1,3-6H3/b11-7-. The molecule has 0 saturated carbocycles. The van der Waals surface area contributed by atoms with Crippen LogP contribution in [0.25, 0.3) is 5.57 Å². The second-order valence-corrected chi connectivity index (χ2v) is 4.39. The first kappa shape index (κ1) is 12.5. The van der Waals surface area contributed by atoms with Gasteiger partial charge in [0.2, 0.25) is 0 Å². The van der Waals surface area contributed by atoms with E-state index in [4.69, 9.17) is 6.42 Å². The van der Waals surface area contributed by atoms with Gasteiger partial charge in [0.25, 0.3) is 0 Å². The van der Waals surface area contributed by atoms with E-state index < -0.39 is 0 Å². The van der Waals surface area contributed by atoms with E-state index in [1.165, 1.54) is 4.68 Å². The molecule has 3 nitrogen and oxygen atoms in total. The number of hydrogen-bond acceptors (Lipinski definition) is 2. The maximum atomic E-state index is 5.44. The quantitative estimate of drug-likeness (QED) is 0.729. The SMILES string of the molecule is C#Cn1nc(C(C)C)nc1/C(=C\C)C(C)C. The number of nitrogens with zero attached hydrogens (tertiary/aromatic N) is 3. The van der Waals surface area contributed by atoms with Crippen molar-refractivity contribution in [3.05, 3.63) is 17.7 Å². The third-order valence-corrected chi connectivity index (χ3v) is 2.45. The fourth-order valence-electron chi connectivity index (χ4n) is 1.57. The van der Waals surface area contributed by atoms with Crippen molar-refractivity contribution in [3.63, 3.8) is 0 Å². The van der Waals surface area contributed by atoms with E-state index in [9.17, 15) is 0 Å². The summed E-state index contributed by atoms with van der Waals surface area (Å²) in [4.78, 5) is 4.51. The Kier molecular flexibility index (Phi) is 3.89. The Morgan fingerprint density at radius 1 is 1.38 bits per heavy atom. The molecule has 1 aromatic heterocycles. The molecule has 3 heteroatoms. The van der Waals surface area contributed by atoms with Gasteiger partial charge >= 0.3 is 0 Å². The van der Waals surface area contributed by atoms with E-state index in [2.05, 4.69) is 43.8 Å². The Balaban J connectivity index is 3.28. The van der Waals surface area contributed by atoms with Crippen molar-refractivity contribution in [2.75, 3.05) is 0 Å². The molecule has 0 spiro atoms. The highest BCUT2D eigenvalue weighted by molar-refractivity contribution is 5.61. The van der Waals surface area contributed by atoms with Crippen molar-refractivity contribution in [2.45, 2.75) is 40.5 Å². The van der Waals surface area contributed by atoms with Crippen LogP contribution < -0.4 is 0 Å². The predicted molar refractivity (Wildman–Crippen MR) is 66.8 cm³/mol. The lowest BCUT2D eigenvalue weighted by molar-refractivity contribution is 0.759. The molecule has 0 fully saturated rings. The van der Waals surface area contributed by atoms with E-state index in [0.717, 1.165) is 17.2 Å². The van der Waals surface area contributed by atoms with Gasteiger partial charge in [0, 0.05) is 12.0 Å². The molecule has 0 radical (unpaired) electrons. The van der Waals surface area contributed by atoms with Crippen molar-refractivity contribution in [2.24, 2.45) is 5.92 Å². The Bertz CT molecular complexity index is 431. The molecule has 86 valence electrons. The zero-order valence-corrected chi connectivity index (χ0v) is 10.7. The number of allylic oxidation sites excluding steroid dienone is 2. The van der Waals surface area contributed by atoms with Gasteiger partial charge < -0.3 is 0 Å². The second kappa shape index (κ2) is 4.98. The van der Waals surface area contributed by atoms with Crippen LogP contribution in [-0.2, 0) is 0 Å². The highest BCUT2D eigenvalue weighted by Crippen LogP contribution is 2.22.